The standard InChI is InChI=1S/C13H20O4/c1-12(2,3)17-11(16)13(10(14)15)7-8-4-5-9(13)6-8/h8-9H,4-7H2,1-3H3,(H,14,15)/t8-,9-,13-/m0/s1. The van der Waals surface area contributed by atoms with Crippen LogP contribution in [0, 0.1) is 17.3 Å². The van der Waals surface area contributed by atoms with Gasteiger partial charge < -0.3 is 9.84 Å². The van der Waals surface area contributed by atoms with Gasteiger partial charge in [-0.2, -0.15) is 0 Å². The van der Waals surface area contributed by atoms with Gasteiger partial charge >= 0.3 is 11.9 Å². The summed E-state index contributed by atoms with van der Waals surface area (Å²) in [6.07, 6.45) is 3.23. The van der Waals surface area contributed by atoms with Crippen LogP contribution in [0.15, 0.2) is 0 Å². The molecule has 0 radical (unpaired) electrons. The van der Waals surface area contributed by atoms with Gasteiger partial charge in [-0.05, 0) is 51.9 Å². The molecule has 0 aliphatic heterocycles. The molecule has 0 aromatic heterocycles. The molecule has 0 spiro atoms. The molecule has 0 aromatic rings. The third-order valence-corrected chi connectivity index (χ3v) is 3.99. The number of esters is 1. The maximum absolute atomic E-state index is 12.2. The number of rotatable bonds is 2. The van der Waals surface area contributed by atoms with Gasteiger partial charge in [-0.1, -0.05) is 6.42 Å². The van der Waals surface area contributed by atoms with Crippen molar-refractivity contribution in [2.75, 3.05) is 0 Å². The average Bonchev–Trinajstić information content (AvgIpc) is 2.73. The van der Waals surface area contributed by atoms with Gasteiger partial charge in [0.1, 0.15) is 5.60 Å². The Kier molecular flexibility index (Phi) is 2.71. The van der Waals surface area contributed by atoms with Crippen LogP contribution in [-0.4, -0.2) is 22.6 Å². The molecule has 0 saturated heterocycles. The summed E-state index contributed by atoms with van der Waals surface area (Å²) in [5.74, 6) is -1.17. The van der Waals surface area contributed by atoms with E-state index in [2.05, 4.69) is 0 Å². The molecule has 2 aliphatic carbocycles. The Morgan fingerprint density at radius 2 is 1.94 bits per heavy atom. The summed E-state index contributed by atoms with van der Waals surface area (Å²) < 4.78 is 5.32. The summed E-state index contributed by atoms with van der Waals surface area (Å²) in [6.45, 7) is 5.31. The quantitative estimate of drug-likeness (QED) is 0.593. The van der Waals surface area contributed by atoms with Gasteiger partial charge in [0, 0.05) is 0 Å². The number of fused-ring (bicyclic) bond motifs is 2. The van der Waals surface area contributed by atoms with Gasteiger partial charge in [0.2, 0.25) is 0 Å². The summed E-state index contributed by atoms with van der Waals surface area (Å²) >= 11 is 0. The molecule has 2 fully saturated rings. The molecular weight excluding hydrogens is 220 g/mol. The van der Waals surface area contributed by atoms with Crippen LogP contribution in [-0.2, 0) is 14.3 Å². The second-order valence-corrected chi connectivity index (χ2v) is 6.36. The molecular formula is C13H20O4. The van der Waals surface area contributed by atoms with Crippen LogP contribution in [0.25, 0.3) is 0 Å². The lowest BCUT2D eigenvalue weighted by atomic mass is 9.73. The van der Waals surface area contributed by atoms with Gasteiger partial charge in [-0.25, -0.2) is 0 Å². The minimum atomic E-state index is -1.27. The molecule has 2 aliphatic rings. The lowest BCUT2D eigenvalue weighted by Crippen LogP contribution is -2.47. The van der Waals surface area contributed by atoms with Crippen molar-refractivity contribution in [2.45, 2.75) is 52.1 Å². The molecule has 0 unspecified atom stereocenters. The Bertz CT molecular complexity index is 355. The van der Waals surface area contributed by atoms with Gasteiger partial charge in [-0.15, -0.1) is 0 Å². The largest absolute Gasteiger partial charge is 0.480 e. The number of carbonyl (C=O) groups is 2. The zero-order valence-electron chi connectivity index (χ0n) is 10.7. The van der Waals surface area contributed by atoms with Crippen molar-refractivity contribution >= 4 is 11.9 Å². The lowest BCUT2D eigenvalue weighted by Gasteiger charge is -2.34. The number of hydrogen-bond donors (Lipinski definition) is 1. The van der Waals surface area contributed by atoms with E-state index in [9.17, 15) is 14.7 Å². The van der Waals surface area contributed by atoms with Crippen molar-refractivity contribution in [1.82, 2.24) is 0 Å². The Morgan fingerprint density at radius 3 is 2.29 bits per heavy atom. The highest BCUT2D eigenvalue weighted by Crippen LogP contribution is 2.56. The summed E-state index contributed by atoms with van der Waals surface area (Å²) in [7, 11) is 0. The van der Waals surface area contributed by atoms with E-state index < -0.39 is 23.0 Å². The van der Waals surface area contributed by atoms with E-state index in [4.69, 9.17) is 4.74 Å². The minimum absolute atomic E-state index is 0.0279. The van der Waals surface area contributed by atoms with Crippen molar-refractivity contribution in [2.24, 2.45) is 17.3 Å². The van der Waals surface area contributed by atoms with E-state index >= 15 is 0 Å². The minimum Gasteiger partial charge on any atom is -0.480 e. The fourth-order valence-corrected chi connectivity index (χ4v) is 3.30. The number of hydrogen-bond acceptors (Lipinski definition) is 3. The highest BCUT2D eigenvalue weighted by atomic mass is 16.6. The first-order valence-electron chi connectivity index (χ1n) is 6.22. The summed E-state index contributed by atoms with van der Waals surface area (Å²) in [5.41, 5.74) is -1.89. The molecule has 2 bridgehead atoms. The Balaban J connectivity index is 2.25. The zero-order chi connectivity index (χ0) is 12.8. The lowest BCUT2D eigenvalue weighted by molar-refractivity contribution is -0.181. The molecule has 2 saturated carbocycles. The van der Waals surface area contributed by atoms with Crippen LogP contribution >= 0.6 is 0 Å². The fraction of sp³-hybridized carbons (Fsp3) is 0.846. The van der Waals surface area contributed by atoms with E-state index in [-0.39, 0.29) is 5.92 Å². The van der Waals surface area contributed by atoms with Gasteiger partial charge in [-0.3, -0.25) is 9.59 Å². The smallest absolute Gasteiger partial charge is 0.324 e. The first-order valence-corrected chi connectivity index (χ1v) is 6.22. The van der Waals surface area contributed by atoms with E-state index in [1.54, 1.807) is 20.8 Å². The van der Waals surface area contributed by atoms with E-state index in [1.165, 1.54) is 0 Å². The number of aliphatic carboxylic acids is 1. The normalized spacial score (nSPS) is 35.9. The second kappa shape index (κ2) is 3.72. The van der Waals surface area contributed by atoms with Crippen LogP contribution < -0.4 is 0 Å². The molecule has 1 N–H and O–H groups in total. The molecule has 17 heavy (non-hydrogen) atoms. The fourth-order valence-electron chi connectivity index (χ4n) is 3.30. The maximum atomic E-state index is 12.2. The molecule has 0 aromatic carbocycles. The van der Waals surface area contributed by atoms with Crippen molar-refractivity contribution in [3.63, 3.8) is 0 Å². The molecule has 96 valence electrons. The third kappa shape index (κ3) is 1.94. The predicted molar refractivity (Wildman–Crippen MR) is 61.4 cm³/mol. The van der Waals surface area contributed by atoms with Crippen molar-refractivity contribution in [3.8, 4) is 0 Å². The molecule has 0 amide bonds. The monoisotopic (exact) mass is 240 g/mol. The van der Waals surface area contributed by atoms with Gasteiger partial charge in [0.15, 0.2) is 5.41 Å². The highest BCUT2D eigenvalue weighted by Gasteiger charge is 2.62. The predicted octanol–water partition coefficient (Wildman–Crippen LogP) is 2.22. The van der Waals surface area contributed by atoms with Gasteiger partial charge in [0.05, 0.1) is 0 Å². The number of carbonyl (C=O) groups excluding carboxylic acids is 1. The van der Waals surface area contributed by atoms with E-state index in [1.807, 2.05) is 0 Å². The van der Waals surface area contributed by atoms with Gasteiger partial charge in [0.25, 0.3) is 0 Å². The average molecular weight is 240 g/mol. The first-order chi connectivity index (χ1) is 7.75. The third-order valence-electron chi connectivity index (χ3n) is 3.99. The maximum Gasteiger partial charge on any atom is 0.324 e. The van der Waals surface area contributed by atoms with Crippen LogP contribution in [0.3, 0.4) is 0 Å². The molecule has 4 heteroatoms. The molecule has 0 heterocycles. The summed E-state index contributed by atoms with van der Waals surface area (Å²) in [4.78, 5) is 23.8. The topological polar surface area (TPSA) is 63.6 Å². The SMILES string of the molecule is CC(C)(C)OC(=O)[C@@]1(C(=O)O)C[C@H]2CC[C@H]1C2. The number of carboxylic acid groups (broad SMARTS) is 1. The Labute approximate surface area is 101 Å². The van der Waals surface area contributed by atoms with Crippen LogP contribution in [0.1, 0.15) is 46.5 Å². The van der Waals surface area contributed by atoms with Crippen molar-refractivity contribution in [3.05, 3.63) is 0 Å². The molecule has 4 nitrogen and oxygen atoms in total. The molecule has 2 rings (SSSR count). The Morgan fingerprint density at radius 1 is 1.29 bits per heavy atom. The van der Waals surface area contributed by atoms with Crippen LogP contribution in [0.2, 0.25) is 0 Å². The number of ether oxygens (including phenoxy) is 1. The van der Waals surface area contributed by atoms with Crippen molar-refractivity contribution in [1.29, 1.82) is 0 Å². The van der Waals surface area contributed by atoms with E-state index in [0.717, 1.165) is 19.3 Å². The van der Waals surface area contributed by atoms with Crippen LogP contribution in [0.4, 0.5) is 0 Å². The van der Waals surface area contributed by atoms with Crippen LogP contribution in [0.5, 0.6) is 0 Å². The zero-order valence-corrected chi connectivity index (χ0v) is 10.7. The van der Waals surface area contributed by atoms with E-state index in [0.29, 0.717) is 12.3 Å². The first kappa shape index (κ1) is 12.4. The Hall–Kier alpha value is -1.06. The molecule has 3 atom stereocenters. The van der Waals surface area contributed by atoms with Crippen molar-refractivity contribution < 1.29 is 19.4 Å². The number of carboxylic acids is 1. The highest BCUT2D eigenvalue weighted by molar-refractivity contribution is 6.00. The summed E-state index contributed by atoms with van der Waals surface area (Å²) in [5, 5.41) is 9.45. The summed E-state index contributed by atoms with van der Waals surface area (Å²) in [6, 6.07) is 0. The second-order valence-electron chi connectivity index (χ2n) is 6.36.